The Morgan fingerprint density at radius 2 is 1.43 bits per heavy atom. The third-order valence-corrected chi connectivity index (χ3v) is 5.45. The Kier molecular flexibility index (Phi) is 3.24. The number of benzene rings is 2. The Hall–Kier alpha value is -0.770. The molecule has 0 aromatic heterocycles. The first-order valence-corrected chi connectivity index (χ1v) is 6.98. The van der Waals surface area contributed by atoms with Gasteiger partial charge in [0.1, 0.15) is 0 Å². The van der Waals surface area contributed by atoms with Gasteiger partial charge in [0.2, 0.25) is 0 Å². The quantitative estimate of drug-likeness (QED) is 0.739. The molecule has 14 heavy (non-hydrogen) atoms. The molecule has 2 rings (SSSR count). The van der Waals surface area contributed by atoms with E-state index in [1.807, 2.05) is 0 Å². The summed E-state index contributed by atoms with van der Waals surface area (Å²) in [4.78, 5) is 0. The summed E-state index contributed by atoms with van der Waals surface area (Å²) in [5.74, 6) is 0. The average Bonchev–Trinajstić information content (AvgIpc) is 2.23. The van der Waals surface area contributed by atoms with Crippen molar-refractivity contribution in [1.82, 2.24) is 0 Å². The molecule has 2 aromatic rings. The van der Waals surface area contributed by atoms with Crippen molar-refractivity contribution >= 4 is 28.1 Å². The van der Waals surface area contributed by atoms with Crippen LogP contribution >= 0.6 is 0 Å². The van der Waals surface area contributed by atoms with E-state index in [0.717, 1.165) is 0 Å². The SMILES string of the molecule is Cc1ccccc1[Te]c1ccccc1. The first-order chi connectivity index (χ1) is 6.86. The van der Waals surface area contributed by atoms with Crippen molar-refractivity contribution in [2.45, 2.75) is 6.92 Å². The molecule has 0 unspecified atom stereocenters. The number of hydrogen-bond donors (Lipinski definition) is 0. The Bertz CT molecular complexity index is 407. The molecule has 0 heterocycles. The minimum atomic E-state index is -0.180. The maximum atomic E-state index is 2.25. The van der Waals surface area contributed by atoms with Gasteiger partial charge >= 0.3 is 95.2 Å². The van der Waals surface area contributed by atoms with Crippen LogP contribution in [0.4, 0.5) is 0 Å². The zero-order valence-corrected chi connectivity index (χ0v) is 10.4. The summed E-state index contributed by atoms with van der Waals surface area (Å²) in [6, 6.07) is 19.5. The molecule has 0 atom stereocenters. The summed E-state index contributed by atoms with van der Waals surface area (Å²) in [7, 11) is 0. The van der Waals surface area contributed by atoms with E-state index in [1.165, 1.54) is 9.17 Å². The Balaban J connectivity index is 2.24. The van der Waals surface area contributed by atoms with E-state index in [9.17, 15) is 0 Å². The van der Waals surface area contributed by atoms with E-state index in [2.05, 4.69) is 61.5 Å². The second-order valence-corrected chi connectivity index (χ2v) is 6.36. The number of hydrogen-bond acceptors (Lipinski definition) is 0. The van der Waals surface area contributed by atoms with Crippen molar-refractivity contribution in [2.75, 3.05) is 0 Å². The van der Waals surface area contributed by atoms with Crippen molar-refractivity contribution in [3.05, 3.63) is 60.2 Å². The molecule has 0 nitrogen and oxygen atoms in total. The first-order valence-electron chi connectivity index (χ1n) is 4.65. The van der Waals surface area contributed by atoms with Crippen molar-refractivity contribution in [3.8, 4) is 0 Å². The van der Waals surface area contributed by atoms with Crippen LogP contribution in [-0.4, -0.2) is 20.9 Å². The molecular formula is C13H12Te. The normalized spacial score (nSPS) is 10.1. The topological polar surface area (TPSA) is 0 Å². The van der Waals surface area contributed by atoms with Crippen molar-refractivity contribution in [3.63, 3.8) is 0 Å². The molecule has 0 aliphatic carbocycles. The average molecular weight is 296 g/mol. The number of rotatable bonds is 2. The van der Waals surface area contributed by atoms with Crippen molar-refractivity contribution < 1.29 is 0 Å². The van der Waals surface area contributed by atoms with Crippen LogP contribution in [0.15, 0.2) is 54.6 Å². The Morgan fingerprint density at radius 1 is 0.786 bits per heavy atom. The van der Waals surface area contributed by atoms with Crippen LogP contribution in [0.2, 0.25) is 0 Å². The molecule has 0 radical (unpaired) electrons. The maximum absolute atomic E-state index is 2.25. The van der Waals surface area contributed by atoms with Crippen LogP contribution in [0.5, 0.6) is 0 Å². The summed E-state index contributed by atoms with van der Waals surface area (Å²) in [5, 5.41) is 0. The van der Waals surface area contributed by atoms with Gasteiger partial charge in [-0.2, -0.15) is 0 Å². The molecular weight excluding hydrogens is 284 g/mol. The zero-order valence-electron chi connectivity index (χ0n) is 8.10. The predicted octanol–water partition coefficient (Wildman–Crippen LogP) is 1.65. The third-order valence-electron chi connectivity index (χ3n) is 2.06. The van der Waals surface area contributed by atoms with Crippen molar-refractivity contribution in [2.24, 2.45) is 0 Å². The predicted molar refractivity (Wildman–Crippen MR) is 62.6 cm³/mol. The van der Waals surface area contributed by atoms with E-state index >= 15 is 0 Å². The summed E-state index contributed by atoms with van der Waals surface area (Å²) < 4.78 is 3.05. The van der Waals surface area contributed by atoms with Gasteiger partial charge in [-0.05, 0) is 0 Å². The summed E-state index contributed by atoms with van der Waals surface area (Å²) >= 11 is -0.180. The Labute approximate surface area is 95.1 Å². The second-order valence-electron chi connectivity index (χ2n) is 3.18. The van der Waals surface area contributed by atoms with Gasteiger partial charge < -0.3 is 0 Å². The molecule has 0 amide bonds. The molecule has 1 heteroatoms. The molecule has 0 aliphatic heterocycles. The molecule has 0 spiro atoms. The van der Waals surface area contributed by atoms with Crippen molar-refractivity contribution in [1.29, 1.82) is 0 Å². The fourth-order valence-corrected chi connectivity index (χ4v) is 3.92. The third kappa shape index (κ3) is 2.38. The molecule has 2 aromatic carbocycles. The molecule has 0 saturated heterocycles. The van der Waals surface area contributed by atoms with E-state index in [1.54, 1.807) is 3.61 Å². The number of aryl methyl sites for hydroxylation is 1. The van der Waals surface area contributed by atoms with Crippen LogP contribution < -0.4 is 7.22 Å². The molecule has 0 saturated carbocycles. The fraction of sp³-hybridized carbons (Fsp3) is 0.0769. The van der Waals surface area contributed by atoms with Crippen LogP contribution in [0, 0.1) is 6.92 Å². The molecule has 70 valence electrons. The summed E-state index contributed by atoms with van der Waals surface area (Å²) in [5.41, 5.74) is 1.43. The summed E-state index contributed by atoms with van der Waals surface area (Å²) in [6.45, 7) is 2.20. The molecule has 0 N–H and O–H groups in total. The minimum absolute atomic E-state index is 0.180. The Morgan fingerprint density at radius 3 is 2.14 bits per heavy atom. The van der Waals surface area contributed by atoms with Crippen LogP contribution in [0.3, 0.4) is 0 Å². The van der Waals surface area contributed by atoms with E-state index in [-0.39, 0.29) is 20.9 Å². The van der Waals surface area contributed by atoms with Gasteiger partial charge in [0.25, 0.3) is 0 Å². The molecule has 0 fully saturated rings. The zero-order chi connectivity index (χ0) is 9.80. The van der Waals surface area contributed by atoms with Crippen LogP contribution in [0.25, 0.3) is 0 Å². The van der Waals surface area contributed by atoms with Gasteiger partial charge in [-0.15, -0.1) is 0 Å². The van der Waals surface area contributed by atoms with Crippen LogP contribution in [0.1, 0.15) is 5.56 Å². The molecule has 0 bridgehead atoms. The second kappa shape index (κ2) is 4.64. The fourth-order valence-electron chi connectivity index (χ4n) is 1.29. The monoisotopic (exact) mass is 298 g/mol. The summed E-state index contributed by atoms with van der Waals surface area (Å²) in [6.07, 6.45) is 0. The van der Waals surface area contributed by atoms with E-state index in [4.69, 9.17) is 0 Å². The van der Waals surface area contributed by atoms with E-state index in [0.29, 0.717) is 0 Å². The van der Waals surface area contributed by atoms with Gasteiger partial charge in [0, 0.05) is 0 Å². The standard InChI is InChI=1S/C13H12Te/c1-11-7-5-6-10-13(11)14-12-8-3-2-4-9-12/h2-10H,1H3. The van der Waals surface area contributed by atoms with Gasteiger partial charge in [0.05, 0.1) is 0 Å². The van der Waals surface area contributed by atoms with Gasteiger partial charge in [0.15, 0.2) is 0 Å². The molecule has 0 aliphatic rings. The van der Waals surface area contributed by atoms with Gasteiger partial charge in [-0.3, -0.25) is 0 Å². The first kappa shape index (κ1) is 9.77. The van der Waals surface area contributed by atoms with E-state index < -0.39 is 0 Å². The van der Waals surface area contributed by atoms with Gasteiger partial charge in [-0.1, -0.05) is 0 Å². The van der Waals surface area contributed by atoms with Gasteiger partial charge in [-0.25, -0.2) is 0 Å². The van der Waals surface area contributed by atoms with Crippen LogP contribution in [-0.2, 0) is 0 Å².